The van der Waals surface area contributed by atoms with Gasteiger partial charge < -0.3 is 4.74 Å². The van der Waals surface area contributed by atoms with Gasteiger partial charge in [-0.25, -0.2) is 8.78 Å². The summed E-state index contributed by atoms with van der Waals surface area (Å²) in [6.45, 7) is 2.65. The molecule has 13 heavy (non-hydrogen) atoms. The second kappa shape index (κ2) is 4.89. The fourth-order valence-electron chi connectivity index (χ4n) is 0.850. The summed E-state index contributed by atoms with van der Waals surface area (Å²) in [5.74, 6) is -4.90. The smallest absolute Gasteiger partial charge is 0.311 e. The number of hydrogen-bond acceptors (Lipinski definition) is 3. The van der Waals surface area contributed by atoms with Crippen molar-refractivity contribution in [3.05, 3.63) is 0 Å². The second-order valence-corrected chi connectivity index (χ2v) is 2.72. The van der Waals surface area contributed by atoms with Gasteiger partial charge in [-0.3, -0.25) is 9.59 Å². The molecule has 0 aromatic heterocycles. The first-order chi connectivity index (χ1) is 5.87. The van der Waals surface area contributed by atoms with Gasteiger partial charge in [0.15, 0.2) is 0 Å². The van der Waals surface area contributed by atoms with Crippen LogP contribution in [-0.2, 0) is 14.3 Å². The number of rotatable bonds is 5. The van der Waals surface area contributed by atoms with E-state index in [0.29, 0.717) is 0 Å². The Morgan fingerprint density at radius 1 is 1.31 bits per heavy atom. The molecule has 0 amide bonds. The van der Waals surface area contributed by atoms with E-state index >= 15 is 0 Å². The molecule has 0 aliphatic rings. The van der Waals surface area contributed by atoms with Crippen LogP contribution in [-0.4, -0.2) is 24.3 Å². The van der Waals surface area contributed by atoms with Crippen LogP contribution in [0.4, 0.5) is 8.78 Å². The summed E-state index contributed by atoms with van der Waals surface area (Å²) in [6, 6.07) is 0. The Kier molecular flexibility index (Phi) is 4.51. The number of alkyl halides is 2. The molecule has 0 rings (SSSR count). The average molecular weight is 194 g/mol. The van der Waals surface area contributed by atoms with Gasteiger partial charge >= 0.3 is 5.97 Å². The lowest BCUT2D eigenvalue weighted by atomic mass is 10.1. The third-order valence-electron chi connectivity index (χ3n) is 1.22. The van der Waals surface area contributed by atoms with Crippen molar-refractivity contribution in [3.63, 3.8) is 0 Å². The molecule has 0 spiro atoms. The molecule has 76 valence electrons. The van der Waals surface area contributed by atoms with Crippen LogP contribution in [0.1, 0.15) is 26.7 Å². The number of carbonyl (C=O) groups excluding carboxylic acids is 2. The van der Waals surface area contributed by atoms with Crippen molar-refractivity contribution in [2.24, 2.45) is 0 Å². The normalized spacial score (nSPS) is 11.1. The van der Waals surface area contributed by atoms with Gasteiger partial charge in [0.05, 0.1) is 13.0 Å². The Hall–Kier alpha value is -1.00. The lowest BCUT2D eigenvalue weighted by Gasteiger charge is -2.12. The zero-order valence-electron chi connectivity index (χ0n) is 7.60. The Morgan fingerprint density at radius 2 is 1.85 bits per heavy atom. The van der Waals surface area contributed by atoms with Crippen molar-refractivity contribution < 1.29 is 23.1 Å². The third-order valence-corrected chi connectivity index (χ3v) is 1.22. The molecular formula is C8H12F2O3. The number of carbonyl (C=O) groups is 2. The van der Waals surface area contributed by atoms with Gasteiger partial charge in [-0.05, 0) is 13.8 Å². The summed E-state index contributed by atoms with van der Waals surface area (Å²) >= 11 is 0. The van der Waals surface area contributed by atoms with Crippen LogP contribution in [0.25, 0.3) is 0 Å². The number of ketones is 1. The predicted octanol–water partition coefficient (Wildman–Crippen LogP) is 1.55. The van der Waals surface area contributed by atoms with Crippen molar-refractivity contribution in [2.45, 2.75) is 32.6 Å². The van der Waals surface area contributed by atoms with E-state index in [2.05, 4.69) is 4.74 Å². The highest BCUT2D eigenvalue weighted by molar-refractivity contribution is 5.78. The first-order valence-electron chi connectivity index (χ1n) is 3.90. The predicted molar refractivity (Wildman–Crippen MR) is 41.5 cm³/mol. The molecule has 5 heteroatoms. The summed E-state index contributed by atoms with van der Waals surface area (Å²) in [5, 5.41) is 0. The monoisotopic (exact) mass is 194 g/mol. The molecule has 0 saturated heterocycles. The molecule has 0 aromatic rings. The van der Waals surface area contributed by atoms with Crippen LogP contribution < -0.4 is 0 Å². The average Bonchev–Trinajstić information content (AvgIpc) is 1.81. The summed E-state index contributed by atoms with van der Waals surface area (Å²) in [7, 11) is 0. The highest BCUT2D eigenvalue weighted by Crippen LogP contribution is 2.23. The molecule has 0 radical (unpaired) electrons. The van der Waals surface area contributed by atoms with Crippen molar-refractivity contribution in [2.75, 3.05) is 6.61 Å². The van der Waals surface area contributed by atoms with Gasteiger partial charge in [0.2, 0.25) is 0 Å². The van der Waals surface area contributed by atoms with Gasteiger partial charge in [-0.1, -0.05) is 0 Å². The maximum Gasteiger partial charge on any atom is 0.311 e. The SMILES string of the molecule is CCOC(=O)CC(F)(F)CC(C)=O. The van der Waals surface area contributed by atoms with Crippen LogP contribution in [0.3, 0.4) is 0 Å². The Bertz CT molecular complexity index is 202. The molecule has 0 N–H and O–H groups in total. The topological polar surface area (TPSA) is 43.4 Å². The number of esters is 1. The third kappa shape index (κ3) is 6.19. The minimum atomic E-state index is -3.28. The van der Waals surface area contributed by atoms with Gasteiger partial charge in [0.25, 0.3) is 5.92 Å². The molecule has 0 fully saturated rings. The Labute approximate surface area is 75.1 Å². The van der Waals surface area contributed by atoms with E-state index in [9.17, 15) is 18.4 Å². The minimum Gasteiger partial charge on any atom is -0.466 e. The van der Waals surface area contributed by atoms with Crippen LogP contribution in [0.5, 0.6) is 0 Å². The van der Waals surface area contributed by atoms with E-state index in [0.717, 1.165) is 6.92 Å². The van der Waals surface area contributed by atoms with E-state index in [1.165, 1.54) is 6.92 Å². The molecule has 0 aromatic carbocycles. The zero-order valence-corrected chi connectivity index (χ0v) is 7.60. The molecule has 0 unspecified atom stereocenters. The van der Waals surface area contributed by atoms with Crippen molar-refractivity contribution in [1.82, 2.24) is 0 Å². The minimum absolute atomic E-state index is 0.0645. The highest BCUT2D eigenvalue weighted by Gasteiger charge is 2.34. The molecular weight excluding hydrogens is 182 g/mol. The van der Waals surface area contributed by atoms with Gasteiger partial charge in [0, 0.05) is 0 Å². The van der Waals surface area contributed by atoms with Gasteiger partial charge in [0.1, 0.15) is 12.2 Å². The highest BCUT2D eigenvalue weighted by atomic mass is 19.3. The van der Waals surface area contributed by atoms with E-state index < -0.39 is 30.5 Å². The first kappa shape index (κ1) is 12.0. The van der Waals surface area contributed by atoms with Crippen LogP contribution in [0, 0.1) is 0 Å². The summed E-state index contributed by atoms with van der Waals surface area (Å²) in [5.41, 5.74) is 0. The fourth-order valence-corrected chi connectivity index (χ4v) is 0.850. The van der Waals surface area contributed by atoms with Crippen LogP contribution in [0.15, 0.2) is 0 Å². The summed E-state index contributed by atoms with van der Waals surface area (Å²) < 4.78 is 29.8. The number of halogens is 2. The quantitative estimate of drug-likeness (QED) is 0.623. The lowest BCUT2D eigenvalue weighted by Crippen LogP contribution is -2.25. The van der Waals surface area contributed by atoms with Crippen LogP contribution in [0.2, 0.25) is 0 Å². The molecule has 0 saturated carbocycles. The fraction of sp³-hybridized carbons (Fsp3) is 0.750. The van der Waals surface area contributed by atoms with Gasteiger partial charge in [-0.2, -0.15) is 0 Å². The number of Topliss-reactive ketones (excluding diaryl/α,β-unsaturated/α-hetero) is 1. The zero-order chi connectivity index (χ0) is 10.5. The Morgan fingerprint density at radius 3 is 2.23 bits per heavy atom. The van der Waals surface area contributed by atoms with E-state index in [4.69, 9.17) is 0 Å². The maximum atomic E-state index is 12.7. The Balaban J connectivity index is 4.00. The van der Waals surface area contributed by atoms with E-state index in [1.54, 1.807) is 0 Å². The van der Waals surface area contributed by atoms with Gasteiger partial charge in [-0.15, -0.1) is 0 Å². The van der Waals surface area contributed by atoms with E-state index in [-0.39, 0.29) is 6.61 Å². The summed E-state index contributed by atoms with van der Waals surface area (Å²) in [4.78, 5) is 21.0. The molecule has 0 bridgehead atoms. The molecule has 0 aliphatic carbocycles. The lowest BCUT2D eigenvalue weighted by molar-refractivity contribution is -0.152. The largest absolute Gasteiger partial charge is 0.466 e. The summed E-state index contributed by atoms with van der Waals surface area (Å²) in [6.07, 6.45) is -1.94. The molecule has 0 aliphatic heterocycles. The number of ether oxygens (including phenoxy) is 1. The molecule has 0 heterocycles. The van der Waals surface area contributed by atoms with Crippen molar-refractivity contribution >= 4 is 11.8 Å². The van der Waals surface area contributed by atoms with Crippen molar-refractivity contribution in [1.29, 1.82) is 0 Å². The van der Waals surface area contributed by atoms with Crippen LogP contribution >= 0.6 is 0 Å². The van der Waals surface area contributed by atoms with E-state index in [1.807, 2.05) is 0 Å². The second-order valence-electron chi connectivity index (χ2n) is 2.72. The van der Waals surface area contributed by atoms with Crippen molar-refractivity contribution in [3.8, 4) is 0 Å². The maximum absolute atomic E-state index is 12.7. The first-order valence-corrected chi connectivity index (χ1v) is 3.90. The molecule has 3 nitrogen and oxygen atoms in total. The number of hydrogen-bond donors (Lipinski definition) is 0. The standard InChI is InChI=1S/C8H12F2O3/c1-3-13-7(12)5-8(9,10)4-6(2)11/h3-5H2,1-2H3. The molecule has 0 atom stereocenters.